The van der Waals surface area contributed by atoms with Crippen molar-refractivity contribution in [2.75, 3.05) is 6.54 Å². The number of aryl methyl sites for hydroxylation is 2. The van der Waals surface area contributed by atoms with Crippen LogP contribution < -0.4 is 0 Å². The highest BCUT2D eigenvalue weighted by Gasteiger charge is 2.23. The van der Waals surface area contributed by atoms with Crippen LogP contribution in [0.15, 0.2) is 6.07 Å². The number of amides is 1. The fourth-order valence-electron chi connectivity index (χ4n) is 1.92. The number of carbonyl (C=O) groups is 2. The van der Waals surface area contributed by atoms with E-state index in [-0.39, 0.29) is 18.5 Å². The third kappa shape index (κ3) is 4.06. The molecule has 1 N–H and O–H groups in total. The average Bonchev–Trinajstić information content (AvgIpc) is 2.67. The molecule has 0 unspecified atom stereocenters. The molecule has 0 fully saturated rings. The molecule has 1 heterocycles. The first-order valence-electron chi connectivity index (χ1n) is 6.48. The van der Waals surface area contributed by atoms with Crippen molar-refractivity contribution in [3.8, 4) is 0 Å². The van der Waals surface area contributed by atoms with Gasteiger partial charge < -0.3 is 10.0 Å². The maximum absolute atomic E-state index is 12.4. The van der Waals surface area contributed by atoms with E-state index in [1.807, 2.05) is 26.8 Å². The number of carboxylic acids is 1. The minimum atomic E-state index is -0.982. The summed E-state index contributed by atoms with van der Waals surface area (Å²) in [6.45, 7) is 7.51. The molecule has 0 saturated carbocycles. The van der Waals surface area contributed by atoms with Gasteiger partial charge in [0.15, 0.2) is 0 Å². The Kier molecular flexibility index (Phi) is 5.54. The molecule has 106 valence electrons. The number of nitrogens with zero attached hydrogens (tertiary/aromatic N) is 1. The summed E-state index contributed by atoms with van der Waals surface area (Å²) < 4.78 is 0. The molecule has 1 aromatic heterocycles. The van der Waals surface area contributed by atoms with E-state index in [1.54, 1.807) is 0 Å². The Morgan fingerprint density at radius 3 is 2.53 bits per heavy atom. The number of carbonyl (C=O) groups excluding carboxylic acids is 1. The van der Waals surface area contributed by atoms with Crippen molar-refractivity contribution in [2.24, 2.45) is 0 Å². The molecular weight excluding hydrogens is 262 g/mol. The van der Waals surface area contributed by atoms with Gasteiger partial charge in [0.1, 0.15) is 6.54 Å². The third-order valence-corrected chi connectivity index (χ3v) is 4.02. The van der Waals surface area contributed by atoms with E-state index in [1.165, 1.54) is 21.8 Å². The van der Waals surface area contributed by atoms with Crippen molar-refractivity contribution >= 4 is 23.2 Å². The van der Waals surface area contributed by atoms with Crippen molar-refractivity contribution in [2.45, 2.75) is 46.6 Å². The zero-order chi connectivity index (χ0) is 14.6. The molecule has 1 rings (SSSR count). The van der Waals surface area contributed by atoms with Crippen LogP contribution in [-0.2, 0) is 11.2 Å². The molecule has 1 aromatic rings. The van der Waals surface area contributed by atoms with E-state index in [4.69, 9.17) is 5.11 Å². The van der Waals surface area contributed by atoms with Gasteiger partial charge in [0.25, 0.3) is 5.91 Å². The van der Waals surface area contributed by atoms with Gasteiger partial charge in [-0.15, -0.1) is 11.3 Å². The van der Waals surface area contributed by atoms with Crippen molar-refractivity contribution < 1.29 is 14.7 Å². The number of rotatable bonds is 6. The van der Waals surface area contributed by atoms with Crippen LogP contribution in [0.1, 0.15) is 47.3 Å². The third-order valence-electron chi connectivity index (χ3n) is 2.94. The summed E-state index contributed by atoms with van der Waals surface area (Å²) in [6, 6.07) is 1.78. The molecule has 0 bridgehead atoms. The molecule has 5 heteroatoms. The van der Waals surface area contributed by atoms with Crippen LogP contribution in [0.4, 0.5) is 0 Å². The first kappa shape index (κ1) is 15.7. The molecule has 0 spiro atoms. The SMILES string of the molecule is CCCc1cc(C(=O)N(CC(=O)O)C(C)C)sc1C. The van der Waals surface area contributed by atoms with Crippen LogP contribution in [0.5, 0.6) is 0 Å². The summed E-state index contributed by atoms with van der Waals surface area (Å²) in [5.74, 6) is -1.17. The average molecular weight is 283 g/mol. The van der Waals surface area contributed by atoms with E-state index in [2.05, 4.69) is 6.92 Å². The number of hydrogen-bond donors (Lipinski definition) is 1. The van der Waals surface area contributed by atoms with Crippen molar-refractivity contribution in [1.29, 1.82) is 0 Å². The van der Waals surface area contributed by atoms with Crippen LogP contribution in [0.3, 0.4) is 0 Å². The Balaban J connectivity index is 2.96. The van der Waals surface area contributed by atoms with Crippen LogP contribution in [0.25, 0.3) is 0 Å². The van der Waals surface area contributed by atoms with Crippen LogP contribution in [0, 0.1) is 6.92 Å². The monoisotopic (exact) mass is 283 g/mol. The molecule has 0 atom stereocenters. The number of carboxylic acid groups (broad SMARTS) is 1. The van der Waals surface area contributed by atoms with Gasteiger partial charge in [-0.05, 0) is 38.8 Å². The van der Waals surface area contributed by atoms with E-state index in [9.17, 15) is 9.59 Å². The summed E-state index contributed by atoms with van der Waals surface area (Å²) in [6.07, 6.45) is 1.99. The van der Waals surface area contributed by atoms with Crippen LogP contribution >= 0.6 is 11.3 Å². The molecule has 0 aliphatic rings. The molecule has 0 aliphatic heterocycles. The molecule has 0 radical (unpaired) electrons. The topological polar surface area (TPSA) is 57.6 Å². The number of hydrogen-bond acceptors (Lipinski definition) is 3. The Labute approximate surface area is 118 Å². The van der Waals surface area contributed by atoms with E-state index < -0.39 is 5.97 Å². The second-order valence-electron chi connectivity index (χ2n) is 4.86. The van der Waals surface area contributed by atoms with Crippen LogP contribution in [0.2, 0.25) is 0 Å². The molecule has 0 aromatic carbocycles. The molecule has 4 nitrogen and oxygen atoms in total. The summed E-state index contributed by atoms with van der Waals surface area (Å²) in [5, 5.41) is 8.88. The highest BCUT2D eigenvalue weighted by atomic mass is 32.1. The summed E-state index contributed by atoms with van der Waals surface area (Å²) in [7, 11) is 0. The highest BCUT2D eigenvalue weighted by Crippen LogP contribution is 2.24. The standard InChI is InChI=1S/C14H21NO3S/c1-5-6-11-7-12(19-10(11)4)14(18)15(9(2)3)8-13(16)17/h7,9H,5-6,8H2,1-4H3,(H,16,17). The predicted molar refractivity (Wildman–Crippen MR) is 76.9 cm³/mol. The van der Waals surface area contributed by atoms with Gasteiger partial charge in [-0.2, -0.15) is 0 Å². The van der Waals surface area contributed by atoms with Gasteiger partial charge in [0, 0.05) is 10.9 Å². The van der Waals surface area contributed by atoms with Gasteiger partial charge >= 0.3 is 5.97 Å². The minimum absolute atomic E-state index is 0.124. The summed E-state index contributed by atoms with van der Waals surface area (Å²) in [5.41, 5.74) is 1.19. The maximum Gasteiger partial charge on any atom is 0.323 e. The van der Waals surface area contributed by atoms with Crippen molar-refractivity contribution in [1.82, 2.24) is 4.90 Å². The fourth-order valence-corrected chi connectivity index (χ4v) is 2.95. The summed E-state index contributed by atoms with van der Waals surface area (Å²) >= 11 is 1.45. The zero-order valence-electron chi connectivity index (χ0n) is 11.9. The first-order valence-corrected chi connectivity index (χ1v) is 7.30. The molecule has 1 amide bonds. The first-order chi connectivity index (χ1) is 8.86. The van der Waals surface area contributed by atoms with Gasteiger partial charge in [-0.3, -0.25) is 9.59 Å². The van der Waals surface area contributed by atoms with E-state index in [0.717, 1.165) is 17.7 Å². The van der Waals surface area contributed by atoms with Crippen LogP contribution in [-0.4, -0.2) is 34.5 Å². The Morgan fingerprint density at radius 2 is 2.05 bits per heavy atom. The second kappa shape index (κ2) is 6.70. The predicted octanol–water partition coefficient (Wildman–Crippen LogP) is 2.94. The lowest BCUT2D eigenvalue weighted by molar-refractivity contribution is -0.138. The molecule has 0 aliphatic carbocycles. The minimum Gasteiger partial charge on any atom is -0.480 e. The quantitative estimate of drug-likeness (QED) is 0.873. The second-order valence-corrected chi connectivity index (χ2v) is 6.12. The molecule has 0 saturated heterocycles. The van der Waals surface area contributed by atoms with Gasteiger partial charge in [-0.25, -0.2) is 0 Å². The Morgan fingerprint density at radius 1 is 1.42 bits per heavy atom. The fraction of sp³-hybridized carbons (Fsp3) is 0.571. The maximum atomic E-state index is 12.4. The van der Waals surface area contributed by atoms with Gasteiger partial charge in [0.2, 0.25) is 0 Å². The molecular formula is C14H21NO3S. The lowest BCUT2D eigenvalue weighted by Crippen LogP contribution is -2.40. The van der Waals surface area contributed by atoms with Crippen molar-refractivity contribution in [3.63, 3.8) is 0 Å². The van der Waals surface area contributed by atoms with E-state index in [0.29, 0.717) is 4.88 Å². The zero-order valence-corrected chi connectivity index (χ0v) is 12.7. The largest absolute Gasteiger partial charge is 0.480 e. The van der Waals surface area contributed by atoms with Gasteiger partial charge in [-0.1, -0.05) is 13.3 Å². The lowest BCUT2D eigenvalue weighted by Gasteiger charge is -2.24. The number of aliphatic carboxylic acids is 1. The summed E-state index contributed by atoms with van der Waals surface area (Å²) in [4.78, 5) is 26.4. The van der Waals surface area contributed by atoms with Crippen molar-refractivity contribution in [3.05, 3.63) is 21.4 Å². The van der Waals surface area contributed by atoms with Gasteiger partial charge in [0.05, 0.1) is 4.88 Å². The lowest BCUT2D eigenvalue weighted by atomic mass is 10.1. The number of thiophene rings is 1. The normalized spacial score (nSPS) is 10.8. The van der Waals surface area contributed by atoms with E-state index >= 15 is 0 Å². The highest BCUT2D eigenvalue weighted by molar-refractivity contribution is 7.14. The Bertz CT molecular complexity index is 465. The Hall–Kier alpha value is -1.36. The smallest absolute Gasteiger partial charge is 0.323 e. The molecule has 19 heavy (non-hydrogen) atoms.